The molecule has 0 saturated heterocycles. The number of hydrogen-bond acceptors (Lipinski definition) is 1. The van der Waals surface area contributed by atoms with Crippen molar-refractivity contribution >= 4 is 31.9 Å². The van der Waals surface area contributed by atoms with Crippen molar-refractivity contribution in [1.29, 1.82) is 0 Å². The normalized spacial score (nSPS) is 17.8. The number of alkyl halides is 1. The molecule has 1 saturated carbocycles. The van der Waals surface area contributed by atoms with Gasteiger partial charge in [-0.2, -0.15) is 5.10 Å². The molecule has 1 aromatic heterocycles. The topological polar surface area (TPSA) is 17.8 Å². The zero-order valence-electron chi connectivity index (χ0n) is 9.84. The van der Waals surface area contributed by atoms with Crippen LogP contribution in [0.3, 0.4) is 0 Å². The molecule has 1 fully saturated rings. The molecule has 2 rings (SSSR count). The number of rotatable bonds is 5. The average molecular weight is 350 g/mol. The van der Waals surface area contributed by atoms with Crippen LogP contribution in [0, 0.1) is 12.8 Å². The summed E-state index contributed by atoms with van der Waals surface area (Å²) in [6.45, 7) is 2.05. The Bertz CT molecular complexity index is 369. The quantitative estimate of drug-likeness (QED) is 0.735. The second-order valence-electron chi connectivity index (χ2n) is 4.72. The molecule has 0 amide bonds. The predicted octanol–water partition coefficient (Wildman–Crippen LogP) is 3.99. The van der Waals surface area contributed by atoms with E-state index in [4.69, 9.17) is 0 Å². The molecule has 1 unspecified atom stereocenters. The molecule has 0 bridgehead atoms. The molecule has 90 valence electrons. The summed E-state index contributed by atoms with van der Waals surface area (Å²) >= 11 is 7.40. The molecule has 16 heavy (non-hydrogen) atoms. The summed E-state index contributed by atoms with van der Waals surface area (Å²) < 4.78 is 3.19. The summed E-state index contributed by atoms with van der Waals surface area (Å²) in [7, 11) is 2.03. The molecule has 0 N–H and O–H groups in total. The molecule has 1 atom stereocenters. The van der Waals surface area contributed by atoms with Crippen molar-refractivity contribution in [1.82, 2.24) is 9.78 Å². The molecule has 0 aliphatic heterocycles. The van der Waals surface area contributed by atoms with Crippen molar-refractivity contribution in [3.05, 3.63) is 15.9 Å². The van der Waals surface area contributed by atoms with Crippen LogP contribution in [0.15, 0.2) is 4.47 Å². The third-order valence-electron chi connectivity index (χ3n) is 3.29. The summed E-state index contributed by atoms with van der Waals surface area (Å²) in [5, 5.41) is 4.41. The maximum absolute atomic E-state index is 4.41. The standard InChI is InChI=1S/C12H18Br2N2/c1-8-12(14)11(16(2)15-8)5-3-4-10(13)9-6-7-9/h9-10H,3-7H2,1-2H3. The van der Waals surface area contributed by atoms with Crippen molar-refractivity contribution in [3.8, 4) is 0 Å². The van der Waals surface area contributed by atoms with Crippen LogP contribution in [0.25, 0.3) is 0 Å². The van der Waals surface area contributed by atoms with Crippen LogP contribution >= 0.6 is 31.9 Å². The SMILES string of the molecule is Cc1nn(C)c(CCCC(Br)C2CC2)c1Br. The first-order valence-electron chi connectivity index (χ1n) is 5.91. The Hall–Kier alpha value is 0.170. The maximum atomic E-state index is 4.41. The molecule has 0 radical (unpaired) electrons. The second-order valence-corrected chi connectivity index (χ2v) is 6.68. The van der Waals surface area contributed by atoms with E-state index in [2.05, 4.69) is 37.0 Å². The van der Waals surface area contributed by atoms with Crippen LogP contribution in [0.4, 0.5) is 0 Å². The highest BCUT2D eigenvalue weighted by atomic mass is 79.9. The Balaban J connectivity index is 1.84. The highest BCUT2D eigenvalue weighted by Gasteiger charge is 2.28. The van der Waals surface area contributed by atoms with Gasteiger partial charge in [-0.1, -0.05) is 15.9 Å². The van der Waals surface area contributed by atoms with Crippen LogP contribution in [0.2, 0.25) is 0 Å². The average Bonchev–Trinajstić information content (AvgIpc) is 3.02. The van der Waals surface area contributed by atoms with Gasteiger partial charge in [0, 0.05) is 11.9 Å². The van der Waals surface area contributed by atoms with Gasteiger partial charge < -0.3 is 0 Å². The zero-order chi connectivity index (χ0) is 11.7. The Labute approximate surface area is 114 Å². The van der Waals surface area contributed by atoms with E-state index in [1.54, 1.807) is 0 Å². The summed E-state index contributed by atoms with van der Waals surface area (Å²) in [5.41, 5.74) is 2.42. The molecule has 1 heterocycles. The molecule has 1 aromatic rings. The molecule has 1 aliphatic carbocycles. The van der Waals surface area contributed by atoms with Crippen molar-refractivity contribution in [2.24, 2.45) is 13.0 Å². The van der Waals surface area contributed by atoms with Crippen LogP contribution in [0.5, 0.6) is 0 Å². The minimum atomic E-state index is 0.737. The van der Waals surface area contributed by atoms with Crippen molar-refractivity contribution < 1.29 is 0 Å². The minimum absolute atomic E-state index is 0.737. The van der Waals surface area contributed by atoms with Gasteiger partial charge in [0.1, 0.15) is 0 Å². The van der Waals surface area contributed by atoms with Gasteiger partial charge in [0.05, 0.1) is 15.9 Å². The fourth-order valence-electron chi connectivity index (χ4n) is 2.11. The van der Waals surface area contributed by atoms with Gasteiger partial charge in [-0.3, -0.25) is 4.68 Å². The molecular weight excluding hydrogens is 332 g/mol. The number of hydrogen-bond donors (Lipinski definition) is 0. The molecule has 0 spiro atoms. The second kappa shape index (κ2) is 5.21. The van der Waals surface area contributed by atoms with E-state index in [-0.39, 0.29) is 0 Å². The Morgan fingerprint density at radius 3 is 2.69 bits per heavy atom. The van der Waals surface area contributed by atoms with E-state index in [0.29, 0.717) is 0 Å². The Kier molecular flexibility index (Phi) is 4.11. The lowest BCUT2D eigenvalue weighted by atomic mass is 10.1. The highest BCUT2D eigenvalue weighted by molar-refractivity contribution is 9.10. The fourth-order valence-corrected chi connectivity index (χ4v) is 3.50. The third kappa shape index (κ3) is 2.89. The van der Waals surface area contributed by atoms with Gasteiger partial charge in [0.15, 0.2) is 0 Å². The van der Waals surface area contributed by atoms with Gasteiger partial charge in [-0.25, -0.2) is 0 Å². The van der Waals surface area contributed by atoms with E-state index < -0.39 is 0 Å². The zero-order valence-corrected chi connectivity index (χ0v) is 13.0. The molecular formula is C12H18Br2N2. The summed E-state index contributed by atoms with van der Waals surface area (Å²) in [6, 6.07) is 0. The molecule has 4 heteroatoms. The van der Waals surface area contributed by atoms with E-state index in [1.807, 2.05) is 18.7 Å². The number of aryl methyl sites for hydroxylation is 2. The Morgan fingerprint density at radius 1 is 1.50 bits per heavy atom. The van der Waals surface area contributed by atoms with Crippen LogP contribution in [0.1, 0.15) is 37.1 Å². The lowest BCUT2D eigenvalue weighted by Gasteiger charge is -2.08. The first-order chi connectivity index (χ1) is 7.59. The van der Waals surface area contributed by atoms with Gasteiger partial charge in [0.25, 0.3) is 0 Å². The van der Waals surface area contributed by atoms with Gasteiger partial charge in [-0.15, -0.1) is 0 Å². The van der Waals surface area contributed by atoms with Crippen LogP contribution < -0.4 is 0 Å². The smallest absolute Gasteiger partial charge is 0.0738 e. The monoisotopic (exact) mass is 348 g/mol. The predicted molar refractivity (Wildman–Crippen MR) is 74.0 cm³/mol. The molecule has 0 aromatic carbocycles. The van der Waals surface area contributed by atoms with Crippen molar-refractivity contribution in [2.45, 2.75) is 43.9 Å². The van der Waals surface area contributed by atoms with Gasteiger partial charge >= 0.3 is 0 Å². The van der Waals surface area contributed by atoms with Gasteiger partial charge in [-0.05, 0) is 60.9 Å². The highest BCUT2D eigenvalue weighted by Crippen LogP contribution is 2.38. The summed E-state index contributed by atoms with van der Waals surface area (Å²) in [5.74, 6) is 0.955. The first kappa shape index (κ1) is 12.6. The van der Waals surface area contributed by atoms with E-state index in [9.17, 15) is 0 Å². The number of nitrogens with zero attached hydrogens (tertiary/aromatic N) is 2. The van der Waals surface area contributed by atoms with Crippen molar-refractivity contribution in [2.75, 3.05) is 0 Å². The lowest BCUT2D eigenvalue weighted by Crippen LogP contribution is -2.03. The lowest BCUT2D eigenvalue weighted by molar-refractivity contribution is 0.621. The molecule has 1 aliphatic rings. The number of aromatic nitrogens is 2. The minimum Gasteiger partial charge on any atom is -0.271 e. The number of halogens is 2. The third-order valence-corrected chi connectivity index (χ3v) is 5.53. The largest absolute Gasteiger partial charge is 0.271 e. The van der Waals surface area contributed by atoms with E-state index >= 15 is 0 Å². The van der Waals surface area contributed by atoms with E-state index in [0.717, 1.165) is 22.9 Å². The first-order valence-corrected chi connectivity index (χ1v) is 7.62. The van der Waals surface area contributed by atoms with Gasteiger partial charge in [0.2, 0.25) is 0 Å². The Morgan fingerprint density at radius 2 is 2.19 bits per heavy atom. The maximum Gasteiger partial charge on any atom is 0.0738 e. The summed E-state index contributed by atoms with van der Waals surface area (Å²) in [6.07, 6.45) is 6.48. The summed E-state index contributed by atoms with van der Waals surface area (Å²) in [4.78, 5) is 0.737. The fraction of sp³-hybridized carbons (Fsp3) is 0.750. The molecule has 2 nitrogen and oxygen atoms in total. The van der Waals surface area contributed by atoms with Crippen molar-refractivity contribution in [3.63, 3.8) is 0 Å². The van der Waals surface area contributed by atoms with E-state index in [1.165, 1.54) is 35.8 Å². The van der Waals surface area contributed by atoms with Crippen LogP contribution in [-0.4, -0.2) is 14.6 Å². The van der Waals surface area contributed by atoms with Crippen LogP contribution in [-0.2, 0) is 13.5 Å².